The highest BCUT2D eigenvalue weighted by Gasteiger charge is 2.10. The van der Waals surface area contributed by atoms with Crippen LogP contribution in [0, 0.1) is 0 Å². The van der Waals surface area contributed by atoms with Gasteiger partial charge in [0.2, 0.25) is 6.33 Å². The van der Waals surface area contributed by atoms with Crippen LogP contribution in [-0.4, -0.2) is 16.1 Å². The van der Waals surface area contributed by atoms with Crippen LogP contribution in [0.5, 0.6) is 0 Å². The number of benzene rings is 2. The van der Waals surface area contributed by atoms with Crippen LogP contribution in [0.4, 0.5) is 0 Å². The highest BCUT2D eigenvalue weighted by atomic mass is 16.4. The highest BCUT2D eigenvalue weighted by Crippen LogP contribution is 2.09. The van der Waals surface area contributed by atoms with E-state index in [4.69, 9.17) is 5.11 Å². The van der Waals surface area contributed by atoms with E-state index in [0.29, 0.717) is 12.1 Å². The largest absolute Gasteiger partial charge is 0.478 e. The first kappa shape index (κ1) is 11.5. The molecule has 0 unspecified atom stereocenters. The summed E-state index contributed by atoms with van der Waals surface area (Å²) in [6, 6.07) is 15.0. The molecule has 2 aromatic carbocycles. The van der Waals surface area contributed by atoms with Gasteiger partial charge in [-0.3, -0.25) is 0 Å². The van der Waals surface area contributed by atoms with E-state index in [1.165, 1.54) is 0 Å². The molecule has 0 aliphatic rings. The first-order valence-electron chi connectivity index (χ1n) is 6.02. The van der Waals surface area contributed by atoms with Crippen LogP contribution in [0.3, 0.4) is 0 Å². The zero-order valence-corrected chi connectivity index (χ0v) is 10.2. The second-order valence-electron chi connectivity index (χ2n) is 4.42. The number of imidazole rings is 1. The lowest BCUT2D eigenvalue weighted by Crippen LogP contribution is -2.32. The average molecular weight is 253 g/mol. The molecule has 0 spiro atoms. The van der Waals surface area contributed by atoms with Crippen LogP contribution in [0.15, 0.2) is 54.9 Å². The van der Waals surface area contributed by atoms with E-state index in [1.807, 2.05) is 36.7 Å². The summed E-state index contributed by atoms with van der Waals surface area (Å²) in [6.45, 7) is 0.644. The van der Waals surface area contributed by atoms with E-state index in [0.717, 1.165) is 16.6 Å². The molecule has 0 saturated heterocycles. The predicted octanol–water partition coefficient (Wildman–Crippen LogP) is 2.20. The predicted molar refractivity (Wildman–Crippen MR) is 71.0 cm³/mol. The van der Waals surface area contributed by atoms with Crippen molar-refractivity contribution in [3.8, 4) is 0 Å². The van der Waals surface area contributed by atoms with Crippen molar-refractivity contribution in [3.63, 3.8) is 0 Å². The molecular formula is C15H13N2O2+. The topological polar surface area (TPSA) is 57.0 Å². The van der Waals surface area contributed by atoms with Gasteiger partial charge in [0.1, 0.15) is 6.54 Å². The molecule has 4 nitrogen and oxygen atoms in total. The number of para-hydroxylation sites is 2. The maximum absolute atomic E-state index is 11.0. The number of rotatable bonds is 3. The monoisotopic (exact) mass is 253 g/mol. The average Bonchev–Trinajstić information content (AvgIpc) is 2.83. The molecule has 0 fully saturated rings. The van der Waals surface area contributed by atoms with Crippen molar-refractivity contribution in [1.29, 1.82) is 0 Å². The fraction of sp³-hybridized carbons (Fsp3) is 0.0667. The number of carboxylic acid groups (broad SMARTS) is 1. The van der Waals surface area contributed by atoms with Gasteiger partial charge in [0.05, 0.1) is 5.56 Å². The van der Waals surface area contributed by atoms with Crippen LogP contribution < -0.4 is 4.57 Å². The number of aromatic amines is 1. The second kappa shape index (κ2) is 4.57. The summed E-state index contributed by atoms with van der Waals surface area (Å²) >= 11 is 0. The van der Waals surface area contributed by atoms with Crippen LogP contribution >= 0.6 is 0 Å². The Labute approximate surface area is 109 Å². The Morgan fingerprint density at radius 2 is 2.00 bits per heavy atom. The van der Waals surface area contributed by atoms with Crippen LogP contribution in [-0.2, 0) is 6.54 Å². The minimum Gasteiger partial charge on any atom is -0.478 e. The van der Waals surface area contributed by atoms with Crippen molar-refractivity contribution < 1.29 is 14.5 Å². The standard InChI is InChI=1S/C15H12N2O2/c18-15(19)12-5-3-4-11(8-12)9-17-10-16-13-6-1-2-7-14(13)17/h1-8,10H,9H2,(H,18,19)/p+1. The molecule has 0 amide bonds. The van der Waals surface area contributed by atoms with Crippen molar-refractivity contribution in [3.05, 3.63) is 66.0 Å². The third-order valence-corrected chi connectivity index (χ3v) is 3.12. The Morgan fingerprint density at radius 1 is 1.16 bits per heavy atom. The lowest BCUT2D eigenvalue weighted by atomic mass is 10.1. The van der Waals surface area contributed by atoms with Gasteiger partial charge >= 0.3 is 5.97 Å². The molecule has 0 aliphatic carbocycles. The first-order chi connectivity index (χ1) is 9.24. The number of hydrogen-bond donors (Lipinski definition) is 2. The maximum atomic E-state index is 11.0. The summed E-state index contributed by atoms with van der Waals surface area (Å²) in [5.74, 6) is -0.897. The van der Waals surface area contributed by atoms with E-state index >= 15 is 0 Å². The number of fused-ring (bicyclic) bond motifs is 1. The van der Waals surface area contributed by atoms with E-state index in [-0.39, 0.29) is 0 Å². The van der Waals surface area contributed by atoms with Gasteiger partial charge in [0.25, 0.3) is 0 Å². The van der Waals surface area contributed by atoms with Gasteiger partial charge in [-0.15, -0.1) is 0 Å². The molecule has 3 rings (SSSR count). The van der Waals surface area contributed by atoms with Crippen molar-refractivity contribution in [2.75, 3.05) is 0 Å². The fourth-order valence-corrected chi connectivity index (χ4v) is 2.19. The molecule has 0 saturated carbocycles. The zero-order valence-electron chi connectivity index (χ0n) is 10.2. The normalized spacial score (nSPS) is 10.7. The van der Waals surface area contributed by atoms with E-state index < -0.39 is 5.97 Å². The Balaban J connectivity index is 1.97. The number of nitrogens with zero attached hydrogens (tertiary/aromatic N) is 1. The summed E-state index contributed by atoms with van der Waals surface area (Å²) in [5.41, 5.74) is 3.45. The van der Waals surface area contributed by atoms with Crippen molar-refractivity contribution >= 4 is 17.0 Å². The zero-order chi connectivity index (χ0) is 13.2. The minimum absolute atomic E-state index is 0.318. The third-order valence-electron chi connectivity index (χ3n) is 3.12. The van der Waals surface area contributed by atoms with Gasteiger partial charge in [-0.25, -0.2) is 14.3 Å². The van der Waals surface area contributed by atoms with Crippen molar-refractivity contribution in [2.45, 2.75) is 6.54 Å². The first-order valence-corrected chi connectivity index (χ1v) is 6.02. The summed E-state index contributed by atoms with van der Waals surface area (Å²) in [7, 11) is 0. The Morgan fingerprint density at radius 3 is 2.84 bits per heavy atom. The molecule has 0 radical (unpaired) electrons. The van der Waals surface area contributed by atoms with Crippen LogP contribution in [0.2, 0.25) is 0 Å². The maximum Gasteiger partial charge on any atom is 0.335 e. The minimum atomic E-state index is -0.897. The number of carboxylic acids is 1. The summed E-state index contributed by atoms with van der Waals surface area (Å²) < 4.78 is 2.07. The van der Waals surface area contributed by atoms with Gasteiger partial charge in [0, 0.05) is 0 Å². The second-order valence-corrected chi connectivity index (χ2v) is 4.42. The Bertz CT molecular complexity index is 746. The molecule has 0 bridgehead atoms. The molecule has 0 aliphatic heterocycles. The quantitative estimate of drug-likeness (QED) is 0.703. The number of carbonyl (C=O) groups is 1. The van der Waals surface area contributed by atoms with Gasteiger partial charge in [0.15, 0.2) is 11.0 Å². The summed E-state index contributed by atoms with van der Waals surface area (Å²) in [6.07, 6.45) is 1.90. The molecule has 94 valence electrons. The number of nitrogens with one attached hydrogen (secondary N) is 1. The smallest absolute Gasteiger partial charge is 0.335 e. The number of hydrogen-bond acceptors (Lipinski definition) is 1. The van der Waals surface area contributed by atoms with Gasteiger partial charge in [-0.1, -0.05) is 24.3 Å². The lowest BCUT2D eigenvalue weighted by Gasteiger charge is -2.01. The molecule has 0 atom stereocenters. The highest BCUT2D eigenvalue weighted by molar-refractivity contribution is 5.87. The SMILES string of the molecule is O=C(O)c1cccc(C[n+]2c[nH]c3ccccc32)c1. The van der Waals surface area contributed by atoms with Crippen molar-refractivity contribution in [1.82, 2.24) is 4.98 Å². The fourth-order valence-electron chi connectivity index (χ4n) is 2.19. The number of aromatic carboxylic acids is 1. The van der Waals surface area contributed by atoms with Gasteiger partial charge in [-0.2, -0.15) is 0 Å². The molecular weight excluding hydrogens is 240 g/mol. The number of aromatic nitrogens is 2. The molecule has 3 aromatic rings. The lowest BCUT2D eigenvalue weighted by molar-refractivity contribution is -0.662. The molecule has 1 heterocycles. The van der Waals surface area contributed by atoms with Crippen molar-refractivity contribution in [2.24, 2.45) is 0 Å². The van der Waals surface area contributed by atoms with E-state index in [1.54, 1.807) is 18.2 Å². The van der Waals surface area contributed by atoms with E-state index in [2.05, 4.69) is 9.55 Å². The number of H-pyrrole nitrogens is 1. The Kier molecular flexibility index (Phi) is 2.76. The molecule has 4 heteroatoms. The van der Waals surface area contributed by atoms with Gasteiger partial charge < -0.3 is 5.11 Å². The molecule has 19 heavy (non-hydrogen) atoms. The summed E-state index contributed by atoms with van der Waals surface area (Å²) in [5, 5.41) is 8.99. The molecule has 1 aromatic heterocycles. The Hall–Kier alpha value is -2.62. The van der Waals surface area contributed by atoms with Gasteiger partial charge in [-0.05, 0) is 29.8 Å². The van der Waals surface area contributed by atoms with Crippen LogP contribution in [0.25, 0.3) is 11.0 Å². The van der Waals surface area contributed by atoms with Crippen LogP contribution in [0.1, 0.15) is 15.9 Å². The molecule has 2 N–H and O–H groups in total. The third kappa shape index (κ3) is 2.20. The van der Waals surface area contributed by atoms with E-state index in [9.17, 15) is 4.79 Å². The summed E-state index contributed by atoms with van der Waals surface area (Å²) in [4.78, 5) is 14.1.